The molecule has 0 atom stereocenters. The normalized spacial score (nSPS) is 15.5. The third kappa shape index (κ3) is 3.86. The van der Waals surface area contributed by atoms with E-state index in [4.69, 9.17) is 34.8 Å². The van der Waals surface area contributed by atoms with Gasteiger partial charge in [0.2, 0.25) is 0 Å². The fourth-order valence-corrected chi connectivity index (χ4v) is 3.55. The van der Waals surface area contributed by atoms with E-state index in [1.165, 1.54) is 0 Å². The lowest BCUT2D eigenvalue weighted by Crippen LogP contribution is -2.48. The van der Waals surface area contributed by atoms with Crippen molar-refractivity contribution in [1.29, 1.82) is 0 Å². The number of carbonyl (C=O) groups excluding carboxylic acids is 1. The lowest BCUT2D eigenvalue weighted by molar-refractivity contribution is 0.0628. The van der Waals surface area contributed by atoms with Crippen LogP contribution in [-0.2, 0) is 6.54 Å². The Labute approximate surface area is 156 Å². The number of hydrogen-bond acceptors (Lipinski definition) is 2. The van der Waals surface area contributed by atoms with E-state index in [-0.39, 0.29) is 5.91 Å². The fraction of sp³-hybridized carbons (Fsp3) is 0.278. The molecular formula is C18H17Cl3N2O. The van der Waals surface area contributed by atoms with Gasteiger partial charge in [-0.2, -0.15) is 0 Å². The van der Waals surface area contributed by atoms with E-state index >= 15 is 0 Å². The van der Waals surface area contributed by atoms with Crippen LogP contribution in [0.15, 0.2) is 42.5 Å². The van der Waals surface area contributed by atoms with Crippen LogP contribution >= 0.6 is 34.8 Å². The quantitative estimate of drug-likeness (QED) is 0.773. The molecule has 2 aromatic rings. The molecule has 1 saturated heterocycles. The molecule has 126 valence electrons. The summed E-state index contributed by atoms with van der Waals surface area (Å²) in [7, 11) is 0. The maximum absolute atomic E-state index is 12.6. The van der Waals surface area contributed by atoms with E-state index in [1.54, 1.807) is 12.1 Å². The number of rotatable bonds is 3. The van der Waals surface area contributed by atoms with Gasteiger partial charge < -0.3 is 4.90 Å². The Morgan fingerprint density at radius 2 is 1.42 bits per heavy atom. The van der Waals surface area contributed by atoms with Crippen LogP contribution in [0.4, 0.5) is 0 Å². The second-order valence-electron chi connectivity index (χ2n) is 5.75. The summed E-state index contributed by atoms with van der Waals surface area (Å²) >= 11 is 18.6. The number of piperazine rings is 1. The van der Waals surface area contributed by atoms with Crippen LogP contribution in [0, 0.1) is 0 Å². The zero-order valence-corrected chi connectivity index (χ0v) is 15.3. The maximum Gasteiger partial charge on any atom is 0.255 e. The van der Waals surface area contributed by atoms with Crippen molar-refractivity contribution in [3.63, 3.8) is 0 Å². The van der Waals surface area contributed by atoms with Crippen molar-refractivity contribution in [3.05, 3.63) is 68.7 Å². The monoisotopic (exact) mass is 382 g/mol. The Kier molecular flexibility index (Phi) is 5.67. The van der Waals surface area contributed by atoms with Crippen LogP contribution < -0.4 is 0 Å². The lowest BCUT2D eigenvalue weighted by Gasteiger charge is -2.35. The van der Waals surface area contributed by atoms with Gasteiger partial charge in [-0.15, -0.1) is 0 Å². The van der Waals surface area contributed by atoms with Gasteiger partial charge in [0.05, 0.1) is 10.6 Å². The van der Waals surface area contributed by atoms with Crippen LogP contribution in [0.3, 0.4) is 0 Å². The summed E-state index contributed by atoms with van der Waals surface area (Å²) in [5.74, 6) is -0.0176. The number of benzene rings is 2. The van der Waals surface area contributed by atoms with Crippen molar-refractivity contribution < 1.29 is 4.79 Å². The highest BCUT2D eigenvalue weighted by molar-refractivity contribution is 6.36. The Hall–Kier alpha value is -1.26. The van der Waals surface area contributed by atoms with Crippen LogP contribution in [0.5, 0.6) is 0 Å². The molecule has 1 heterocycles. The minimum Gasteiger partial charge on any atom is -0.336 e. The molecule has 1 amide bonds. The fourth-order valence-electron chi connectivity index (χ4n) is 2.82. The van der Waals surface area contributed by atoms with Gasteiger partial charge in [0, 0.05) is 48.3 Å². The minimum atomic E-state index is -0.0176. The van der Waals surface area contributed by atoms with Gasteiger partial charge in [-0.1, -0.05) is 53.0 Å². The first-order chi connectivity index (χ1) is 11.6. The molecule has 2 aromatic carbocycles. The molecule has 1 fully saturated rings. The van der Waals surface area contributed by atoms with Crippen molar-refractivity contribution in [2.75, 3.05) is 26.2 Å². The van der Waals surface area contributed by atoms with Crippen molar-refractivity contribution in [2.45, 2.75) is 6.54 Å². The van der Waals surface area contributed by atoms with E-state index in [1.807, 2.05) is 35.2 Å². The third-order valence-electron chi connectivity index (χ3n) is 4.21. The molecule has 0 N–H and O–H groups in total. The van der Waals surface area contributed by atoms with Crippen LogP contribution in [0.1, 0.15) is 15.9 Å². The Balaban J connectivity index is 1.62. The molecule has 0 radical (unpaired) electrons. The third-order valence-corrected chi connectivity index (χ3v) is 5.24. The predicted octanol–water partition coefficient (Wildman–Crippen LogP) is 4.60. The minimum absolute atomic E-state index is 0.0176. The topological polar surface area (TPSA) is 23.6 Å². The summed E-state index contributed by atoms with van der Waals surface area (Å²) in [5.41, 5.74) is 1.49. The predicted molar refractivity (Wildman–Crippen MR) is 99.1 cm³/mol. The summed E-state index contributed by atoms with van der Waals surface area (Å²) in [4.78, 5) is 16.7. The molecule has 1 aliphatic rings. The van der Waals surface area contributed by atoms with Gasteiger partial charge in [-0.3, -0.25) is 9.69 Å². The van der Waals surface area contributed by atoms with Crippen molar-refractivity contribution in [2.24, 2.45) is 0 Å². The molecule has 0 aromatic heterocycles. The first-order valence-corrected chi connectivity index (χ1v) is 8.88. The van der Waals surface area contributed by atoms with E-state index < -0.39 is 0 Å². The average Bonchev–Trinajstić information content (AvgIpc) is 2.59. The smallest absolute Gasteiger partial charge is 0.255 e. The van der Waals surface area contributed by atoms with E-state index in [9.17, 15) is 4.79 Å². The number of hydrogen-bond donors (Lipinski definition) is 0. The molecule has 0 unspecified atom stereocenters. The summed E-state index contributed by atoms with van der Waals surface area (Å²) in [5, 5.41) is 1.85. The van der Waals surface area contributed by atoms with Gasteiger partial charge >= 0.3 is 0 Å². The molecule has 24 heavy (non-hydrogen) atoms. The van der Waals surface area contributed by atoms with E-state index in [0.29, 0.717) is 40.3 Å². The highest BCUT2D eigenvalue weighted by Gasteiger charge is 2.24. The van der Waals surface area contributed by atoms with Gasteiger partial charge in [0.25, 0.3) is 5.91 Å². The zero-order valence-electron chi connectivity index (χ0n) is 13.0. The zero-order chi connectivity index (χ0) is 17.1. The van der Waals surface area contributed by atoms with Gasteiger partial charge in [0.15, 0.2) is 0 Å². The number of nitrogens with zero attached hydrogens (tertiary/aromatic N) is 2. The molecule has 3 nitrogen and oxygen atoms in total. The van der Waals surface area contributed by atoms with Crippen molar-refractivity contribution in [3.8, 4) is 0 Å². The van der Waals surface area contributed by atoms with Gasteiger partial charge in [0.1, 0.15) is 0 Å². The standard InChI is InChI=1S/C18H17Cl3N2O/c19-15-5-2-1-4-13(15)18(24)23-10-8-22(9-11-23)12-14-16(20)6-3-7-17(14)21/h1-7H,8-12H2. The number of carbonyl (C=O) groups is 1. The number of halogens is 3. The van der Waals surface area contributed by atoms with Crippen LogP contribution in [-0.4, -0.2) is 41.9 Å². The largest absolute Gasteiger partial charge is 0.336 e. The molecule has 1 aliphatic heterocycles. The second kappa shape index (κ2) is 7.75. The summed E-state index contributed by atoms with van der Waals surface area (Å²) in [6.45, 7) is 3.56. The first kappa shape index (κ1) is 17.6. The first-order valence-electron chi connectivity index (χ1n) is 7.75. The van der Waals surface area contributed by atoms with Gasteiger partial charge in [-0.25, -0.2) is 0 Å². The highest BCUT2D eigenvalue weighted by Crippen LogP contribution is 2.26. The molecular weight excluding hydrogens is 367 g/mol. The summed E-state index contributed by atoms with van der Waals surface area (Å²) < 4.78 is 0. The maximum atomic E-state index is 12.6. The number of amides is 1. The van der Waals surface area contributed by atoms with E-state index in [2.05, 4.69) is 4.90 Å². The Morgan fingerprint density at radius 3 is 2.04 bits per heavy atom. The van der Waals surface area contributed by atoms with Crippen LogP contribution in [0.2, 0.25) is 15.1 Å². The summed E-state index contributed by atoms with van der Waals surface area (Å²) in [6.07, 6.45) is 0. The molecule has 3 rings (SSSR count). The second-order valence-corrected chi connectivity index (χ2v) is 6.97. The summed E-state index contributed by atoms with van der Waals surface area (Å²) in [6, 6.07) is 12.7. The molecule has 0 bridgehead atoms. The van der Waals surface area contributed by atoms with Gasteiger partial charge in [-0.05, 0) is 24.3 Å². The Morgan fingerprint density at radius 1 is 0.833 bits per heavy atom. The van der Waals surface area contributed by atoms with Crippen molar-refractivity contribution >= 4 is 40.7 Å². The molecule has 0 saturated carbocycles. The highest BCUT2D eigenvalue weighted by atomic mass is 35.5. The van der Waals surface area contributed by atoms with Crippen LogP contribution in [0.25, 0.3) is 0 Å². The molecule has 6 heteroatoms. The molecule has 0 spiro atoms. The Bertz CT molecular complexity index is 723. The van der Waals surface area contributed by atoms with E-state index in [0.717, 1.165) is 18.7 Å². The average molecular weight is 384 g/mol. The molecule has 0 aliphatic carbocycles. The van der Waals surface area contributed by atoms with Crippen molar-refractivity contribution in [1.82, 2.24) is 9.80 Å². The SMILES string of the molecule is O=C(c1ccccc1Cl)N1CCN(Cc2c(Cl)cccc2Cl)CC1. The lowest BCUT2D eigenvalue weighted by atomic mass is 10.1.